The molecule has 0 rings (SSSR count). The minimum absolute atomic E-state index is 0.0698. The Bertz CT molecular complexity index is 206. The lowest BCUT2D eigenvalue weighted by Gasteiger charge is -2.19. The van der Waals surface area contributed by atoms with Crippen LogP contribution in [0.15, 0.2) is 0 Å². The van der Waals surface area contributed by atoms with Crippen LogP contribution in [0.2, 0.25) is 0 Å². The maximum atomic E-state index is 11.4. The van der Waals surface area contributed by atoms with Crippen LogP contribution in [0.5, 0.6) is 0 Å². The van der Waals surface area contributed by atoms with Crippen molar-refractivity contribution in [1.29, 1.82) is 0 Å². The van der Waals surface area contributed by atoms with Crippen molar-refractivity contribution in [1.82, 2.24) is 10.2 Å². The third-order valence-corrected chi connectivity index (χ3v) is 1.89. The first-order chi connectivity index (χ1) is 6.52. The highest BCUT2D eigenvalue weighted by molar-refractivity contribution is 5.87. The van der Waals surface area contributed by atoms with Crippen molar-refractivity contribution < 1.29 is 9.59 Å². The molecule has 0 heterocycles. The minimum Gasteiger partial charge on any atom is -0.355 e. The molecule has 0 saturated heterocycles. The lowest BCUT2D eigenvalue weighted by Crippen LogP contribution is -2.45. The third-order valence-electron chi connectivity index (χ3n) is 1.89. The van der Waals surface area contributed by atoms with Crippen molar-refractivity contribution in [2.45, 2.75) is 26.3 Å². The molecule has 2 amide bonds. The molecule has 5 heteroatoms. The number of rotatable bonds is 5. The number of likely N-dealkylation sites (N-methyl/N-ethyl adjacent to an activating group) is 2. The highest BCUT2D eigenvalue weighted by Crippen LogP contribution is 1.93. The van der Waals surface area contributed by atoms with Crippen LogP contribution in [0.1, 0.15) is 20.3 Å². The molecule has 0 aromatic heterocycles. The molecular weight excluding hydrogens is 182 g/mol. The number of carbonyl (C=O) groups excluding carboxylic acids is 2. The molecular formula is C9H19N3O2. The average Bonchev–Trinajstić information content (AvgIpc) is 2.15. The average molecular weight is 201 g/mol. The molecule has 0 aliphatic carbocycles. The Hall–Kier alpha value is -1.10. The minimum atomic E-state index is -0.505. The molecule has 0 radical (unpaired) electrons. The fourth-order valence-corrected chi connectivity index (χ4v) is 1.00. The number of nitrogens with two attached hydrogens (primary N) is 1. The summed E-state index contributed by atoms with van der Waals surface area (Å²) < 4.78 is 0. The molecule has 0 unspecified atom stereocenters. The van der Waals surface area contributed by atoms with E-state index >= 15 is 0 Å². The number of nitrogens with zero attached hydrogens (tertiary/aromatic N) is 1. The van der Waals surface area contributed by atoms with Gasteiger partial charge >= 0.3 is 0 Å². The van der Waals surface area contributed by atoms with Crippen LogP contribution < -0.4 is 11.1 Å². The van der Waals surface area contributed by atoms with E-state index in [0.29, 0.717) is 13.0 Å². The van der Waals surface area contributed by atoms with E-state index in [1.807, 2.05) is 13.8 Å². The molecule has 0 aromatic rings. The number of amides is 2. The van der Waals surface area contributed by atoms with E-state index in [1.54, 1.807) is 7.05 Å². The Kier molecular flexibility index (Phi) is 5.87. The second kappa shape index (κ2) is 6.37. The van der Waals surface area contributed by atoms with Crippen LogP contribution in [-0.4, -0.2) is 42.9 Å². The van der Waals surface area contributed by atoms with Gasteiger partial charge in [-0.1, -0.05) is 6.92 Å². The van der Waals surface area contributed by atoms with E-state index in [4.69, 9.17) is 5.73 Å². The highest BCUT2D eigenvalue weighted by Gasteiger charge is 2.17. The second-order valence-corrected chi connectivity index (χ2v) is 3.16. The van der Waals surface area contributed by atoms with Crippen molar-refractivity contribution in [3.05, 3.63) is 0 Å². The van der Waals surface area contributed by atoms with Gasteiger partial charge in [-0.2, -0.15) is 0 Å². The Morgan fingerprint density at radius 3 is 2.43 bits per heavy atom. The first-order valence-corrected chi connectivity index (χ1v) is 4.80. The van der Waals surface area contributed by atoms with Gasteiger partial charge in [0.2, 0.25) is 11.8 Å². The van der Waals surface area contributed by atoms with Gasteiger partial charge in [0.15, 0.2) is 0 Å². The van der Waals surface area contributed by atoms with E-state index in [1.165, 1.54) is 4.90 Å². The molecule has 0 aliphatic heterocycles. The van der Waals surface area contributed by atoms with Gasteiger partial charge in [-0.15, -0.1) is 0 Å². The number of hydrogen-bond acceptors (Lipinski definition) is 3. The van der Waals surface area contributed by atoms with Gasteiger partial charge in [0, 0.05) is 13.6 Å². The standard InChI is InChI=1S/C9H19N3O2/c1-4-7(10)9(14)12(3)6-8(13)11-5-2/h7H,4-6,10H2,1-3H3,(H,11,13)/t7-/m1/s1. The predicted molar refractivity (Wildman–Crippen MR) is 54.6 cm³/mol. The maximum Gasteiger partial charge on any atom is 0.239 e. The van der Waals surface area contributed by atoms with Crippen molar-refractivity contribution in [3.63, 3.8) is 0 Å². The smallest absolute Gasteiger partial charge is 0.239 e. The van der Waals surface area contributed by atoms with Gasteiger partial charge in [-0.3, -0.25) is 9.59 Å². The molecule has 0 aromatic carbocycles. The van der Waals surface area contributed by atoms with E-state index in [9.17, 15) is 9.59 Å². The first kappa shape index (κ1) is 12.9. The van der Waals surface area contributed by atoms with Crippen LogP contribution in [-0.2, 0) is 9.59 Å². The molecule has 0 saturated carbocycles. The lowest BCUT2D eigenvalue weighted by atomic mass is 10.2. The van der Waals surface area contributed by atoms with Gasteiger partial charge in [-0.25, -0.2) is 0 Å². The van der Waals surface area contributed by atoms with Crippen molar-refractivity contribution >= 4 is 11.8 Å². The van der Waals surface area contributed by atoms with E-state index < -0.39 is 6.04 Å². The third kappa shape index (κ3) is 4.23. The summed E-state index contributed by atoms with van der Waals surface area (Å²) in [5.41, 5.74) is 5.54. The molecule has 3 N–H and O–H groups in total. The summed E-state index contributed by atoms with van der Waals surface area (Å²) in [7, 11) is 1.58. The first-order valence-electron chi connectivity index (χ1n) is 4.80. The largest absolute Gasteiger partial charge is 0.355 e. The van der Waals surface area contributed by atoms with Gasteiger partial charge in [0.25, 0.3) is 0 Å². The molecule has 0 bridgehead atoms. The summed E-state index contributed by atoms with van der Waals surface area (Å²) >= 11 is 0. The molecule has 82 valence electrons. The molecule has 1 atom stereocenters. The van der Waals surface area contributed by atoms with Gasteiger partial charge in [-0.05, 0) is 13.3 Å². The molecule has 0 fully saturated rings. The Morgan fingerprint density at radius 2 is 2.00 bits per heavy atom. The summed E-state index contributed by atoms with van der Waals surface area (Å²) in [6, 6.07) is -0.505. The molecule has 0 spiro atoms. The second-order valence-electron chi connectivity index (χ2n) is 3.16. The predicted octanol–water partition coefficient (Wildman–Crippen LogP) is -0.682. The quantitative estimate of drug-likeness (QED) is 0.618. The Morgan fingerprint density at radius 1 is 1.43 bits per heavy atom. The number of nitrogens with one attached hydrogen (secondary N) is 1. The lowest BCUT2D eigenvalue weighted by molar-refractivity contribution is -0.135. The normalized spacial score (nSPS) is 12.0. The summed E-state index contributed by atoms with van der Waals surface area (Å²) in [5, 5.41) is 2.61. The monoisotopic (exact) mass is 201 g/mol. The molecule has 5 nitrogen and oxygen atoms in total. The zero-order valence-corrected chi connectivity index (χ0v) is 9.04. The van der Waals surface area contributed by atoms with E-state index in [-0.39, 0.29) is 18.4 Å². The summed E-state index contributed by atoms with van der Waals surface area (Å²) in [5.74, 6) is -0.356. The van der Waals surface area contributed by atoms with Crippen LogP contribution in [0.3, 0.4) is 0 Å². The fraction of sp³-hybridized carbons (Fsp3) is 0.778. The summed E-state index contributed by atoms with van der Waals surface area (Å²) in [6.07, 6.45) is 0.582. The Balaban J connectivity index is 4.01. The van der Waals surface area contributed by atoms with Crippen LogP contribution in [0.25, 0.3) is 0 Å². The highest BCUT2D eigenvalue weighted by atomic mass is 16.2. The van der Waals surface area contributed by atoms with E-state index in [0.717, 1.165) is 0 Å². The van der Waals surface area contributed by atoms with Gasteiger partial charge in [0.05, 0.1) is 12.6 Å². The summed E-state index contributed by atoms with van der Waals surface area (Å²) in [4.78, 5) is 23.9. The molecule has 0 aliphatic rings. The SMILES string of the molecule is CCNC(=O)CN(C)C(=O)[C@H](N)CC. The van der Waals surface area contributed by atoms with Crippen molar-refractivity contribution in [2.75, 3.05) is 20.1 Å². The molecule has 14 heavy (non-hydrogen) atoms. The van der Waals surface area contributed by atoms with Crippen molar-refractivity contribution in [3.8, 4) is 0 Å². The fourth-order valence-electron chi connectivity index (χ4n) is 1.00. The van der Waals surface area contributed by atoms with Gasteiger partial charge in [0.1, 0.15) is 0 Å². The topological polar surface area (TPSA) is 75.4 Å². The maximum absolute atomic E-state index is 11.4. The van der Waals surface area contributed by atoms with Crippen molar-refractivity contribution in [2.24, 2.45) is 5.73 Å². The summed E-state index contributed by atoms with van der Waals surface area (Å²) in [6.45, 7) is 4.31. The zero-order valence-electron chi connectivity index (χ0n) is 9.04. The Labute approximate surface area is 84.6 Å². The number of hydrogen-bond donors (Lipinski definition) is 2. The van der Waals surface area contributed by atoms with Crippen LogP contribution in [0.4, 0.5) is 0 Å². The van der Waals surface area contributed by atoms with Crippen LogP contribution >= 0.6 is 0 Å². The zero-order chi connectivity index (χ0) is 11.1. The van der Waals surface area contributed by atoms with E-state index in [2.05, 4.69) is 5.32 Å². The van der Waals surface area contributed by atoms with Gasteiger partial charge < -0.3 is 16.0 Å². The van der Waals surface area contributed by atoms with Crippen LogP contribution in [0, 0.1) is 0 Å². The number of carbonyl (C=O) groups is 2.